The third-order valence-corrected chi connectivity index (χ3v) is 11.1. The Morgan fingerprint density at radius 3 is 2.55 bits per heavy atom. The second-order valence-corrected chi connectivity index (χ2v) is 14.4. The third kappa shape index (κ3) is 4.49. The van der Waals surface area contributed by atoms with Gasteiger partial charge < -0.3 is 10.2 Å². The lowest BCUT2D eigenvalue weighted by Crippen LogP contribution is -2.43. The molecular formula is C21H33N5O2S3. The van der Waals surface area contributed by atoms with Crippen LogP contribution in [0.3, 0.4) is 0 Å². The van der Waals surface area contributed by atoms with Gasteiger partial charge in [-0.3, -0.25) is 0 Å². The molecule has 1 aromatic rings. The summed E-state index contributed by atoms with van der Waals surface area (Å²) in [5, 5.41) is 4.99. The van der Waals surface area contributed by atoms with E-state index in [4.69, 9.17) is 0 Å². The van der Waals surface area contributed by atoms with Crippen LogP contribution in [0.4, 0.5) is 5.69 Å². The maximum Gasteiger partial charge on any atom is 0.241 e. The van der Waals surface area contributed by atoms with Crippen molar-refractivity contribution in [2.75, 3.05) is 11.4 Å². The molecule has 1 aliphatic carbocycles. The summed E-state index contributed by atoms with van der Waals surface area (Å²) in [5.74, 6) is 0.394. The molecule has 0 spiro atoms. The maximum absolute atomic E-state index is 13.0. The monoisotopic (exact) mass is 483 g/mol. The molecule has 4 aliphatic rings. The first-order chi connectivity index (χ1) is 14.6. The van der Waals surface area contributed by atoms with Crippen LogP contribution in [0.1, 0.15) is 58.4 Å². The van der Waals surface area contributed by atoms with Gasteiger partial charge in [-0.2, -0.15) is 0 Å². The van der Waals surface area contributed by atoms with E-state index in [2.05, 4.69) is 52.6 Å². The van der Waals surface area contributed by atoms with Crippen LogP contribution >= 0.6 is 23.5 Å². The standard InChI is InChI=1S/C21H33N5O2S3/c1-12-19(29-13(2)22-12)9-15-11-26(20-24-23-14(3)30-20)18-10-16(5-6-17(15)18)31(27,28)25-21(4)7-8-21/h5-6,10,12-15,19-20,22-25H,7-9,11H2,1-4H3. The van der Waals surface area contributed by atoms with Crippen LogP contribution in [0.5, 0.6) is 0 Å². The smallest absolute Gasteiger partial charge is 0.241 e. The number of hydrogen-bond donors (Lipinski definition) is 4. The van der Waals surface area contributed by atoms with E-state index < -0.39 is 10.0 Å². The number of nitrogens with zero attached hydrogens (tertiary/aromatic N) is 1. The van der Waals surface area contributed by atoms with Gasteiger partial charge in [-0.1, -0.05) is 6.07 Å². The van der Waals surface area contributed by atoms with Gasteiger partial charge in [0.1, 0.15) is 5.50 Å². The SMILES string of the molecule is CC1NC(C)C(CC2CN(C3NNC(C)S3)c3cc(S(=O)(=O)NC4(C)CC4)ccc32)S1. The summed E-state index contributed by atoms with van der Waals surface area (Å²) in [6, 6.07) is 6.23. The Balaban J connectivity index is 1.44. The van der Waals surface area contributed by atoms with E-state index in [-0.39, 0.29) is 11.0 Å². The predicted octanol–water partition coefficient (Wildman–Crippen LogP) is 2.72. The Bertz CT molecular complexity index is 954. The van der Waals surface area contributed by atoms with Gasteiger partial charge in [-0.05, 0) is 64.7 Å². The maximum atomic E-state index is 13.0. The van der Waals surface area contributed by atoms with Crippen LogP contribution in [0.25, 0.3) is 0 Å². The van der Waals surface area contributed by atoms with Crippen LogP contribution < -0.4 is 25.8 Å². The summed E-state index contributed by atoms with van der Waals surface area (Å²) in [5.41, 5.74) is 8.81. The van der Waals surface area contributed by atoms with Crippen molar-refractivity contribution in [3.05, 3.63) is 23.8 Å². The molecule has 0 amide bonds. The Hall–Kier alpha value is -0.490. The highest BCUT2D eigenvalue weighted by molar-refractivity contribution is 8.01. The fourth-order valence-corrected chi connectivity index (χ4v) is 8.82. The van der Waals surface area contributed by atoms with Crippen LogP contribution in [-0.4, -0.2) is 48.0 Å². The zero-order valence-electron chi connectivity index (χ0n) is 18.5. The lowest BCUT2D eigenvalue weighted by Gasteiger charge is -2.27. The van der Waals surface area contributed by atoms with E-state index in [0.29, 0.717) is 32.9 Å². The van der Waals surface area contributed by atoms with Crippen molar-refractivity contribution in [2.45, 2.75) is 90.8 Å². The van der Waals surface area contributed by atoms with E-state index in [1.165, 1.54) is 5.56 Å². The fourth-order valence-electron chi connectivity index (χ4n) is 4.85. The number of hydrazine groups is 1. The molecule has 3 heterocycles. The average molecular weight is 484 g/mol. The molecule has 31 heavy (non-hydrogen) atoms. The molecule has 10 heteroatoms. The van der Waals surface area contributed by atoms with Crippen molar-refractivity contribution in [3.63, 3.8) is 0 Å². The molecule has 3 aliphatic heterocycles. The minimum Gasteiger partial charge on any atom is -0.345 e. The third-order valence-electron chi connectivity index (χ3n) is 6.84. The van der Waals surface area contributed by atoms with Gasteiger partial charge in [-0.25, -0.2) is 24.0 Å². The Morgan fingerprint density at radius 1 is 1.16 bits per heavy atom. The molecule has 0 aromatic heterocycles. The number of sulfonamides is 1. The quantitative estimate of drug-likeness (QED) is 0.492. The van der Waals surface area contributed by atoms with Crippen molar-refractivity contribution < 1.29 is 8.42 Å². The Morgan fingerprint density at radius 2 is 1.94 bits per heavy atom. The second-order valence-electron chi connectivity index (χ2n) is 9.66. The molecule has 6 unspecified atom stereocenters. The van der Waals surface area contributed by atoms with Crippen LogP contribution in [0.2, 0.25) is 0 Å². The summed E-state index contributed by atoms with van der Waals surface area (Å²) in [4.78, 5) is 2.72. The molecule has 5 rings (SSSR count). The number of benzene rings is 1. The lowest BCUT2D eigenvalue weighted by molar-refractivity contribution is 0.498. The van der Waals surface area contributed by atoms with Gasteiger partial charge in [0.15, 0.2) is 0 Å². The Labute approximate surface area is 194 Å². The first-order valence-corrected chi connectivity index (χ1v) is 14.5. The molecule has 172 valence electrons. The molecule has 3 fully saturated rings. The summed E-state index contributed by atoms with van der Waals surface area (Å²) in [6.45, 7) is 9.52. The summed E-state index contributed by atoms with van der Waals surface area (Å²) in [6.07, 6.45) is 2.90. The first-order valence-electron chi connectivity index (χ1n) is 11.2. The van der Waals surface area contributed by atoms with Crippen molar-refractivity contribution >= 4 is 39.2 Å². The Kier molecular flexibility index (Phi) is 5.81. The highest BCUT2D eigenvalue weighted by Gasteiger charge is 2.43. The van der Waals surface area contributed by atoms with Gasteiger partial charge in [0.2, 0.25) is 10.0 Å². The largest absolute Gasteiger partial charge is 0.345 e. The summed E-state index contributed by atoms with van der Waals surface area (Å²) in [7, 11) is -3.52. The number of thioether (sulfide) groups is 2. The first kappa shape index (κ1) is 22.3. The van der Waals surface area contributed by atoms with E-state index in [9.17, 15) is 8.42 Å². The van der Waals surface area contributed by atoms with Gasteiger partial charge in [0, 0.05) is 35.0 Å². The number of fused-ring (bicyclic) bond motifs is 1. The van der Waals surface area contributed by atoms with Gasteiger partial charge in [-0.15, -0.1) is 23.5 Å². The highest BCUT2D eigenvalue weighted by atomic mass is 32.2. The summed E-state index contributed by atoms with van der Waals surface area (Å²) >= 11 is 3.85. The average Bonchev–Trinajstić information content (AvgIpc) is 3.02. The van der Waals surface area contributed by atoms with Crippen LogP contribution in [0, 0.1) is 0 Å². The number of rotatable bonds is 6. The van der Waals surface area contributed by atoms with E-state index >= 15 is 0 Å². The van der Waals surface area contributed by atoms with Gasteiger partial charge in [0.05, 0.1) is 15.6 Å². The minimum atomic E-state index is -3.52. The van der Waals surface area contributed by atoms with Gasteiger partial charge in [0.25, 0.3) is 0 Å². The van der Waals surface area contributed by atoms with Crippen molar-refractivity contribution in [2.24, 2.45) is 0 Å². The van der Waals surface area contributed by atoms with Crippen LogP contribution in [0.15, 0.2) is 23.1 Å². The number of anilines is 1. The zero-order valence-corrected chi connectivity index (χ0v) is 21.0. The second kappa shape index (κ2) is 8.07. The predicted molar refractivity (Wildman–Crippen MR) is 130 cm³/mol. The summed E-state index contributed by atoms with van der Waals surface area (Å²) < 4.78 is 29.0. The normalized spacial score (nSPS) is 36.7. The van der Waals surface area contributed by atoms with Crippen molar-refractivity contribution in [1.29, 1.82) is 0 Å². The van der Waals surface area contributed by atoms with E-state index in [0.717, 1.165) is 31.5 Å². The number of nitrogens with one attached hydrogen (secondary N) is 4. The fraction of sp³-hybridized carbons (Fsp3) is 0.714. The van der Waals surface area contributed by atoms with Crippen LogP contribution in [-0.2, 0) is 10.0 Å². The topological polar surface area (TPSA) is 85.5 Å². The molecule has 0 bridgehead atoms. The number of hydrogen-bond acceptors (Lipinski definition) is 8. The molecule has 1 saturated carbocycles. The minimum absolute atomic E-state index is 0.0938. The molecule has 0 radical (unpaired) electrons. The molecule has 2 saturated heterocycles. The molecular weight excluding hydrogens is 450 g/mol. The molecule has 4 N–H and O–H groups in total. The van der Waals surface area contributed by atoms with E-state index in [1.807, 2.05) is 36.5 Å². The highest BCUT2D eigenvalue weighted by Crippen LogP contribution is 2.46. The van der Waals surface area contributed by atoms with E-state index in [1.54, 1.807) is 6.07 Å². The molecule has 1 aromatic carbocycles. The van der Waals surface area contributed by atoms with Crippen molar-refractivity contribution in [3.8, 4) is 0 Å². The van der Waals surface area contributed by atoms with Gasteiger partial charge >= 0.3 is 0 Å². The zero-order chi connectivity index (χ0) is 22.0. The molecule has 6 atom stereocenters. The lowest BCUT2D eigenvalue weighted by atomic mass is 9.94. The molecule has 7 nitrogen and oxygen atoms in total. The van der Waals surface area contributed by atoms with Crippen molar-refractivity contribution in [1.82, 2.24) is 20.9 Å².